The van der Waals surface area contributed by atoms with Crippen LogP contribution < -0.4 is 10.2 Å². The van der Waals surface area contributed by atoms with E-state index in [1.165, 1.54) is 17.0 Å². The second-order valence-electron chi connectivity index (χ2n) is 8.78. The van der Waals surface area contributed by atoms with Crippen LogP contribution in [0, 0.1) is 24.7 Å². The van der Waals surface area contributed by atoms with Gasteiger partial charge in [0.2, 0.25) is 11.8 Å². The first-order valence-corrected chi connectivity index (χ1v) is 11.7. The molecule has 0 aromatic heterocycles. The van der Waals surface area contributed by atoms with Crippen LogP contribution >= 0.6 is 15.9 Å². The fourth-order valence-corrected chi connectivity index (χ4v) is 4.77. The summed E-state index contributed by atoms with van der Waals surface area (Å²) in [6, 6.07) is 11.5. The molecule has 7 nitrogen and oxygen atoms in total. The Bertz CT molecular complexity index is 1110. The first-order chi connectivity index (χ1) is 15.7. The van der Waals surface area contributed by atoms with Gasteiger partial charge in [-0.3, -0.25) is 19.3 Å². The monoisotopic (exact) mass is 512 g/mol. The van der Waals surface area contributed by atoms with Crippen LogP contribution in [0.4, 0.5) is 11.4 Å². The van der Waals surface area contributed by atoms with Crippen LogP contribution in [0.15, 0.2) is 46.9 Å². The smallest absolute Gasteiger partial charge is 0.338 e. The molecule has 2 aliphatic rings. The highest BCUT2D eigenvalue weighted by molar-refractivity contribution is 9.10. The van der Waals surface area contributed by atoms with E-state index in [0.717, 1.165) is 29.3 Å². The van der Waals surface area contributed by atoms with Crippen LogP contribution in [0.25, 0.3) is 0 Å². The Kier molecular flexibility index (Phi) is 6.65. The normalized spacial score (nSPS) is 22.2. The van der Waals surface area contributed by atoms with Crippen molar-refractivity contribution >= 4 is 51.0 Å². The number of carbonyl (C=O) groups is 4. The minimum absolute atomic E-state index is 0.160. The third kappa shape index (κ3) is 4.85. The number of ether oxygens (including phenoxy) is 1. The average molecular weight is 513 g/mol. The van der Waals surface area contributed by atoms with Crippen molar-refractivity contribution in [3.05, 3.63) is 58.1 Å². The van der Waals surface area contributed by atoms with Crippen molar-refractivity contribution in [3.8, 4) is 0 Å². The topological polar surface area (TPSA) is 92.8 Å². The molecule has 1 saturated carbocycles. The molecule has 2 aromatic carbocycles. The third-order valence-corrected chi connectivity index (χ3v) is 7.21. The SMILES string of the molecule is Cc1cc(NC(=O)COC(=O)c2ccc(N3C(=O)[C@@H]4CC[C@@H](C)C[C@H]4C3=O)cc2)ccc1Br. The molecular formula is C25H25BrN2O5. The van der Waals surface area contributed by atoms with Gasteiger partial charge in [-0.05, 0) is 80.1 Å². The molecule has 1 heterocycles. The number of aryl methyl sites for hydroxylation is 1. The van der Waals surface area contributed by atoms with Gasteiger partial charge in [0.15, 0.2) is 6.61 Å². The number of carbonyl (C=O) groups excluding carboxylic acids is 4. The van der Waals surface area contributed by atoms with Crippen molar-refractivity contribution in [2.75, 3.05) is 16.8 Å². The number of nitrogens with one attached hydrogen (secondary N) is 1. The lowest BCUT2D eigenvalue weighted by atomic mass is 9.76. The maximum atomic E-state index is 12.8. The van der Waals surface area contributed by atoms with Gasteiger partial charge in [0.25, 0.3) is 5.91 Å². The maximum absolute atomic E-state index is 12.8. The lowest BCUT2D eigenvalue weighted by Crippen LogP contribution is -2.30. The molecule has 1 aliphatic carbocycles. The highest BCUT2D eigenvalue weighted by Gasteiger charge is 2.49. The number of benzene rings is 2. The van der Waals surface area contributed by atoms with Crippen LogP contribution in [-0.4, -0.2) is 30.3 Å². The molecule has 0 spiro atoms. The Balaban J connectivity index is 1.35. The second-order valence-corrected chi connectivity index (χ2v) is 9.63. The summed E-state index contributed by atoms with van der Waals surface area (Å²) in [7, 11) is 0. The Morgan fingerprint density at radius 1 is 1.06 bits per heavy atom. The summed E-state index contributed by atoms with van der Waals surface area (Å²) in [5.41, 5.74) is 2.26. The number of amides is 3. The quantitative estimate of drug-likeness (QED) is 0.470. The minimum atomic E-state index is -0.662. The predicted molar refractivity (Wildman–Crippen MR) is 127 cm³/mol. The fraction of sp³-hybridized carbons (Fsp3) is 0.360. The number of nitrogens with zero attached hydrogens (tertiary/aromatic N) is 1. The number of imide groups is 1. The van der Waals surface area contributed by atoms with E-state index in [9.17, 15) is 19.2 Å². The molecule has 3 amide bonds. The molecular weight excluding hydrogens is 488 g/mol. The van der Waals surface area contributed by atoms with E-state index in [1.54, 1.807) is 24.3 Å². The summed E-state index contributed by atoms with van der Waals surface area (Å²) < 4.78 is 6.04. The zero-order valence-electron chi connectivity index (χ0n) is 18.5. The van der Waals surface area contributed by atoms with Gasteiger partial charge in [-0.25, -0.2) is 4.79 Å². The standard InChI is InChI=1S/C25H25BrN2O5/c1-14-3-9-19-20(11-14)24(31)28(23(19)30)18-7-4-16(5-8-18)25(32)33-13-22(29)27-17-6-10-21(26)15(2)12-17/h4-8,10,12,14,19-20H,3,9,11,13H2,1-2H3,(H,27,29)/t14-,19-,20-/m1/s1. The van der Waals surface area contributed by atoms with Gasteiger partial charge in [0, 0.05) is 10.2 Å². The van der Waals surface area contributed by atoms with E-state index in [1.807, 2.05) is 13.0 Å². The molecule has 33 heavy (non-hydrogen) atoms. The van der Waals surface area contributed by atoms with E-state index in [4.69, 9.17) is 4.74 Å². The van der Waals surface area contributed by atoms with Crippen LogP contribution in [0.5, 0.6) is 0 Å². The van der Waals surface area contributed by atoms with E-state index in [0.29, 0.717) is 17.3 Å². The average Bonchev–Trinajstić information content (AvgIpc) is 3.04. The molecule has 1 N–H and O–H groups in total. The zero-order chi connectivity index (χ0) is 23.7. The van der Waals surface area contributed by atoms with Crippen molar-refractivity contribution in [3.63, 3.8) is 0 Å². The fourth-order valence-electron chi connectivity index (χ4n) is 4.52. The summed E-state index contributed by atoms with van der Waals surface area (Å²) in [4.78, 5) is 51.4. The Hall–Kier alpha value is -3.00. The van der Waals surface area contributed by atoms with E-state index in [-0.39, 0.29) is 29.2 Å². The molecule has 0 bridgehead atoms. The second kappa shape index (κ2) is 9.47. The maximum Gasteiger partial charge on any atom is 0.338 e. The molecule has 1 saturated heterocycles. The predicted octanol–water partition coefficient (Wildman–Crippen LogP) is 4.48. The van der Waals surface area contributed by atoms with Gasteiger partial charge in [0.05, 0.1) is 23.1 Å². The number of anilines is 2. The molecule has 2 aromatic rings. The number of fused-ring (bicyclic) bond motifs is 1. The highest BCUT2D eigenvalue weighted by Crippen LogP contribution is 2.42. The van der Waals surface area contributed by atoms with Gasteiger partial charge in [0.1, 0.15) is 0 Å². The number of esters is 1. The first kappa shape index (κ1) is 23.2. The Morgan fingerprint density at radius 2 is 1.76 bits per heavy atom. The van der Waals surface area contributed by atoms with Crippen LogP contribution in [0.3, 0.4) is 0 Å². The van der Waals surface area contributed by atoms with Crippen molar-refractivity contribution in [1.29, 1.82) is 0 Å². The molecule has 172 valence electrons. The van der Waals surface area contributed by atoms with Crippen molar-refractivity contribution in [1.82, 2.24) is 0 Å². The zero-order valence-corrected chi connectivity index (χ0v) is 20.1. The summed E-state index contributed by atoms with van der Waals surface area (Å²) in [5.74, 6) is -1.49. The van der Waals surface area contributed by atoms with Gasteiger partial charge < -0.3 is 10.1 Å². The van der Waals surface area contributed by atoms with Gasteiger partial charge in [-0.1, -0.05) is 22.9 Å². The van der Waals surface area contributed by atoms with Crippen molar-refractivity contribution in [2.24, 2.45) is 17.8 Å². The molecule has 0 unspecified atom stereocenters. The largest absolute Gasteiger partial charge is 0.452 e. The summed E-state index contributed by atoms with van der Waals surface area (Å²) in [5, 5.41) is 2.68. The van der Waals surface area contributed by atoms with Crippen molar-refractivity contribution < 1.29 is 23.9 Å². The van der Waals surface area contributed by atoms with Crippen LogP contribution in [0.1, 0.15) is 42.1 Å². The molecule has 8 heteroatoms. The lowest BCUT2D eigenvalue weighted by molar-refractivity contribution is -0.122. The Morgan fingerprint density at radius 3 is 2.45 bits per heavy atom. The van der Waals surface area contributed by atoms with Crippen LogP contribution in [0.2, 0.25) is 0 Å². The van der Waals surface area contributed by atoms with Crippen LogP contribution in [-0.2, 0) is 19.1 Å². The number of halogens is 1. The molecule has 2 fully saturated rings. The summed E-state index contributed by atoms with van der Waals surface area (Å²) >= 11 is 3.40. The molecule has 0 radical (unpaired) electrons. The third-order valence-electron chi connectivity index (χ3n) is 6.32. The highest BCUT2D eigenvalue weighted by atomic mass is 79.9. The van der Waals surface area contributed by atoms with Gasteiger partial charge >= 0.3 is 5.97 Å². The van der Waals surface area contributed by atoms with Gasteiger partial charge in [-0.15, -0.1) is 0 Å². The number of hydrogen-bond donors (Lipinski definition) is 1. The molecule has 3 atom stereocenters. The molecule has 4 rings (SSSR count). The van der Waals surface area contributed by atoms with E-state index >= 15 is 0 Å². The van der Waals surface area contributed by atoms with E-state index < -0.39 is 18.5 Å². The number of rotatable bonds is 5. The van der Waals surface area contributed by atoms with E-state index in [2.05, 4.69) is 28.2 Å². The number of hydrogen-bond acceptors (Lipinski definition) is 5. The lowest BCUT2D eigenvalue weighted by Gasteiger charge is -2.25. The first-order valence-electron chi connectivity index (χ1n) is 11.0. The van der Waals surface area contributed by atoms with Gasteiger partial charge in [-0.2, -0.15) is 0 Å². The summed E-state index contributed by atoms with van der Waals surface area (Å²) in [6.07, 6.45) is 2.42. The Labute approximate surface area is 200 Å². The minimum Gasteiger partial charge on any atom is -0.452 e. The van der Waals surface area contributed by atoms with Crippen molar-refractivity contribution in [2.45, 2.75) is 33.1 Å². The summed E-state index contributed by atoms with van der Waals surface area (Å²) in [6.45, 7) is 3.58. The molecule has 1 aliphatic heterocycles.